The number of methoxy groups -OCH3 is 1. The predicted molar refractivity (Wildman–Crippen MR) is 76.0 cm³/mol. The summed E-state index contributed by atoms with van der Waals surface area (Å²) in [7, 11) is 1.56. The van der Waals surface area contributed by atoms with Crippen LogP contribution in [-0.2, 0) is 16.8 Å². The largest absolute Gasteiger partial charge is 0.366 e. The second-order valence-electron chi connectivity index (χ2n) is 4.58. The summed E-state index contributed by atoms with van der Waals surface area (Å²) in [4.78, 5) is 0. The van der Waals surface area contributed by atoms with Crippen molar-refractivity contribution in [3.05, 3.63) is 71.3 Å². The molecule has 2 rings (SSSR count). The quantitative estimate of drug-likeness (QED) is 0.784. The number of ether oxygens (including phenoxy) is 1. The van der Waals surface area contributed by atoms with Crippen molar-refractivity contribution in [2.24, 2.45) is 0 Å². The Bertz CT molecular complexity index is 501. The molecule has 0 spiro atoms. The third kappa shape index (κ3) is 2.54. The van der Waals surface area contributed by atoms with Crippen molar-refractivity contribution < 1.29 is 9.13 Å². The van der Waals surface area contributed by atoms with Crippen LogP contribution in [0.1, 0.15) is 23.6 Å². The summed E-state index contributed by atoms with van der Waals surface area (Å²) in [5.41, 5.74) is 1.92. The maximum atomic E-state index is 13.7. The summed E-state index contributed by atoms with van der Waals surface area (Å²) < 4.78 is 19.3. The van der Waals surface area contributed by atoms with Gasteiger partial charge in [0.25, 0.3) is 0 Å². The Labute approximate surface area is 114 Å². The van der Waals surface area contributed by atoms with Gasteiger partial charge in [-0.15, -0.1) is 0 Å². The van der Waals surface area contributed by atoms with Crippen LogP contribution in [0.4, 0.5) is 4.39 Å². The molecule has 2 aromatic carbocycles. The monoisotopic (exact) mass is 258 g/mol. The molecule has 0 heterocycles. The summed E-state index contributed by atoms with van der Waals surface area (Å²) in [5.74, 6) is 0. The highest BCUT2D eigenvalue weighted by atomic mass is 19.1. The number of hydrogen-bond acceptors (Lipinski definition) is 1. The smallest absolute Gasteiger partial charge is 0.146 e. The van der Waals surface area contributed by atoms with E-state index in [1.807, 2.05) is 54.6 Å². The van der Waals surface area contributed by atoms with E-state index in [-0.39, 0.29) is 0 Å². The molecule has 19 heavy (non-hydrogen) atoms. The molecule has 0 fully saturated rings. The zero-order chi connectivity index (χ0) is 13.7. The summed E-state index contributed by atoms with van der Waals surface area (Å²) in [6.45, 7) is 1.52. The number of aryl methyl sites for hydroxylation is 1. The number of alkyl halides is 1. The molecule has 0 bridgehead atoms. The van der Waals surface area contributed by atoms with Crippen LogP contribution in [0, 0.1) is 0 Å². The fourth-order valence-corrected chi connectivity index (χ4v) is 2.33. The van der Waals surface area contributed by atoms with E-state index >= 15 is 0 Å². The van der Waals surface area contributed by atoms with Gasteiger partial charge in [-0.2, -0.15) is 0 Å². The van der Waals surface area contributed by atoms with Crippen molar-refractivity contribution in [3.8, 4) is 0 Å². The average Bonchev–Trinajstić information content (AvgIpc) is 2.51. The highest BCUT2D eigenvalue weighted by Crippen LogP contribution is 2.33. The maximum absolute atomic E-state index is 13.7. The summed E-state index contributed by atoms with van der Waals surface area (Å²) in [5, 5.41) is 0. The van der Waals surface area contributed by atoms with Crippen molar-refractivity contribution in [1.82, 2.24) is 0 Å². The minimum atomic E-state index is -1.01. The summed E-state index contributed by atoms with van der Waals surface area (Å²) in [6, 6.07) is 17.5. The first-order valence-electron chi connectivity index (χ1n) is 6.53. The van der Waals surface area contributed by atoms with Crippen LogP contribution >= 0.6 is 0 Å². The van der Waals surface area contributed by atoms with Crippen LogP contribution in [0.5, 0.6) is 0 Å². The molecule has 0 aromatic heterocycles. The molecule has 0 radical (unpaired) electrons. The lowest BCUT2D eigenvalue weighted by molar-refractivity contribution is 0.00117. The molecule has 0 aliphatic rings. The van der Waals surface area contributed by atoms with E-state index in [1.165, 1.54) is 5.56 Å². The highest BCUT2D eigenvalue weighted by molar-refractivity contribution is 5.38. The second kappa shape index (κ2) is 5.98. The first-order valence-corrected chi connectivity index (χ1v) is 6.53. The first kappa shape index (κ1) is 13.8. The van der Waals surface area contributed by atoms with Crippen LogP contribution < -0.4 is 0 Å². The van der Waals surface area contributed by atoms with Gasteiger partial charge in [-0.3, -0.25) is 0 Å². The van der Waals surface area contributed by atoms with Gasteiger partial charge in [0.2, 0.25) is 0 Å². The van der Waals surface area contributed by atoms with Gasteiger partial charge >= 0.3 is 0 Å². The van der Waals surface area contributed by atoms with E-state index in [1.54, 1.807) is 7.11 Å². The molecule has 100 valence electrons. The van der Waals surface area contributed by atoms with E-state index in [4.69, 9.17) is 4.74 Å². The van der Waals surface area contributed by atoms with Gasteiger partial charge in [0.1, 0.15) is 12.3 Å². The Morgan fingerprint density at radius 1 is 0.947 bits per heavy atom. The van der Waals surface area contributed by atoms with Crippen molar-refractivity contribution in [2.45, 2.75) is 18.9 Å². The Kier molecular flexibility index (Phi) is 4.33. The molecular formula is C17H19FO. The Balaban J connectivity index is 2.49. The summed E-state index contributed by atoms with van der Waals surface area (Å²) in [6.07, 6.45) is 0.973. The minimum Gasteiger partial charge on any atom is -0.366 e. The standard InChI is InChI=1S/C17H19FO/c1-3-14-9-11-16(12-10-14)17(13-18,19-2)15-7-5-4-6-8-15/h4-12H,3,13H2,1-2H3. The molecule has 0 saturated carbocycles. The molecule has 0 N–H and O–H groups in total. The van der Waals surface area contributed by atoms with E-state index in [0.717, 1.165) is 17.5 Å². The molecule has 0 aliphatic carbocycles. The number of benzene rings is 2. The highest BCUT2D eigenvalue weighted by Gasteiger charge is 2.34. The van der Waals surface area contributed by atoms with Crippen molar-refractivity contribution in [1.29, 1.82) is 0 Å². The molecule has 0 saturated heterocycles. The number of rotatable bonds is 5. The van der Waals surface area contributed by atoms with Crippen molar-refractivity contribution >= 4 is 0 Å². The molecule has 1 atom stereocenters. The van der Waals surface area contributed by atoms with E-state index in [2.05, 4.69) is 6.92 Å². The first-order chi connectivity index (χ1) is 9.26. The molecule has 1 nitrogen and oxygen atoms in total. The van der Waals surface area contributed by atoms with E-state index in [9.17, 15) is 4.39 Å². The molecule has 1 unspecified atom stereocenters. The average molecular weight is 258 g/mol. The lowest BCUT2D eigenvalue weighted by Crippen LogP contribution is -2.32. The van der Waals surface area contributed by atoms with Gasteiger partial charge in [-0.05, 0) is 23.1 Å². The van der Waals surface area contributed by atoms with Gasteiger partial charge in [-0.25, -0.2) is 4.39 Å². The molecule has 0 amide bonds. The zero-order valence-corrected chi connectivity index (χ0v) is 11.4. The van der Waals surface area contributed by atoms with Gasteiger partial charge in [-0.1, -0.05) is 61.5 Å². The SMILES string of the molecule is CCc1ccc(C(CF)(OC)c2ccccc2)cc1. The number of hydrogen-bond donors (Lipinski definition) is 0. The van der Waals surface area contributed by atoms with Crippen LogP contribution in [0.3, 0.4) is 0 Å². The predicted octanol–water partition coefficient (Wildman–Crippen LogP) is 4.11. The van der Waals surface area contributed by atoms with Crippen molar-refractivity contribution in [3.63, 3.8) is 0 Å². The lowest BCUT2D eigenvalue weighted by atomic mass is 9.86. The summed E-state index contributed by atoms with van der Waals surface area (Å²) >= 11 is 0. The second-order valence-corrected chi connectivity index (χ2v) is 4.58. The van der Waals surface area contributed by atoms with Crippen LogP contribution in [0.15, 0.2) is 54.6 Å². The third-order valence-corrected chi connectivity index (χ3v) is 3.61. The van der Waals surface area contributed by atoms with Crippen LogP contribution in [0.25, 0.3) is 0 Å². The fourth-order valence-electron chi connectivity index (χ4n) is 2.33. The number of halogens is 1. The Morgan fingerprint density at radius 2 is 1.53 bits per heavy atom. The third-order valence-electron chi connectivity index (χ3n) is 3.61. The fraction of sp³-hybridized carbons (Fsp3) is 0.294. The molecule has 2 aromatic rings. The Hall–Kier alpha value is -1.67. The van der Waals surface area contributed by atoms with E-state index in [0.29, 0.717) is 0 Å². The van der Waals surface area contributed by atoms with Gasteiger partial charge < -0.3 is 4.74 Å². The zero-order valence-electron chi connectivity index (χ0n) is 11.4. The normalized spacial score (nSPS) is 14.1. The van der Waals surface area contributed by atoms with Crippen LogP contribution in [-0.4, -0.2) is 13.8 Å². The molecule has 0 aliphatic heterocycles. The maximum Gasteiger partial charge on any atom is 0.146 e. The van der Waals surface area contributed by atoms with Gasteiger partial charge in [0.15, 0.2) is 0 Å². The molecular weight excluding hydrogens is 239 g/mol. The molecule has 2 heteroatoms. The van der Waals surface area contributed by atoms with Gasteiger partial charge in [0.05, 0.1) is 0 Å². The Morgan fingerprint density at radius 3 is 2.00 bits per heavy atom. The topological polar surface area (TPSA) is 9.23 Å². The lowest BCUT2D eigenvalue weighted by Gasteiger charge is -2.30. The van der Waals surface area contributed by atoms with Crippen molar-refractivity contribution in [2.75, 3.05) is 13.8 Å². The van der Waals surface area contributed by atoms with Gasteiger partial charge in [0, 0.05) is 7.11 Å². The minimum absolute atomic E-state index is 0.584. The van der Waals surface area contributed by atoms with Crippen LogP contribution in [0.2, 0.25) is 0 Å². The van der Waals surface area contributed by atoms with E-state index < -0.39 is 12.3 Å².